The summed E-state index contributed by atoms with van der Waals surface area (Å²) < 4.78 is 0. The molecule has 0 aromatic heterocycles. The maximum Gasteiger partial charge on any atom is 0.235 e. The molecule has 2 amide bonds. The molecule has 0 fully saturated rings. The van der Waals surface area contributed by atoms with Crippen molar-refractivity contribution in [1.82, 2.24) is 0 Å². The molecule has 6 heteroatoms. The number of carbonyl (C=O) groups excluding carboxylic acids is 2. The standard InChI is InChI=1S/C17H17N3O2S/c18-14(16(19)21)13-15(10-6-2-1-3-7-10)23-12-9-5-4-8-11(12)20-17(13)22/h1-9,13-15H,18H2,(H2,19,21)(H,20,22)/t13-,14?,15+/m0/s1. The molecule has 2 aromatic rings. The van der Waals surface area contributed by atoms with Crippen LogP contribution in [0.4, 0.5) is 5.69 Å². The van der Waals surface area contributed by atoms with E-state index in [2.05, 4.69) is 5.32 Å². The van der Waals surface area contributed by atoms with Crippen LogP contribution in [0.2, 0.25) is 0 Å². The number of carbonyl (C=O) groups is 2. The van der Waals surface area contributed by atoms with Crippen molar-refractivity contribution in [3.8, 4) is 0 Å². The van der Waals surface area contributed by atoms with Crippen LogP contribution >= 0.6 is 11.8 Å². The van der Waals surface area contributed by atoms with Gasteiger partial charge in [0.05, 0.1) is 17.6 Å². The third kappa shape index (κ3) is 3.09. The lowest BCUT2D eigenvalue weighted by molar-refractivity contribution is -0.127. The van der Waals surface area contributed by atoms with Crippen molar-refractivity contribution in [3.05, 3.63) is 60.2 Å². The predicted octanol–water partition coefficient (Wildman–Crippen LogP) is 1.90. The molecule has 3 rings (SSSR count). The minimum Gasteiger partial charge on any atom is -0.368 e. The zero-order valence-corrected chi connectivity index (χ0v) is 13.1. The summed E-state index contributed by atoms with van der Waals surface area (Å²) in [4.78, 5) is 25.2. The quantitative estimate of drug-likeness (QED) is 0.802. The van der Waals surface area contributed by atoms with Crippen LogP contribution in [0.5, 0.6) is 0 Å². The molecule has 1 unspecified atom stereocenters. The molecule has 1 heterocycles. The number of nitrogens with one attached hydrogen (secondary N) is 1. The van der Waals surface area contributed by atoms with Gasteiger partial charge >= 0.3 is 0 Å². The van der Waals surface area contributed by atoms with Crippen LogP contribution in [-0.2, 0) is 9.59 Å². The Morgan fingerprint density at radius 2 is 1.74 bits per heavy atom. The Labute approximate surface area is 138 Å². The summed E-state index contributed by atoms with van der Waals surface area (Å²) in [6.07, 6.45) is 0. The smallest absolute Gasteiger partial charge is 0.235 e. The number of para-hydroxylation sites is 1. The van der Waals surface area contributed by atoms with Gasteiger partial charge in [-0.1, -0.05) is 42.5 Å². The Hall–Kier alpha value is -2.31. The van der Waals surface area contributed by atoms with Gasteiger partial charge in [-0.25, -0.2) is 0 Å². The first-order valence-corrected chi connectivity index (χ1v) is 8.12. The maximum atomic E-state index is 12.7. The molecule has 23 heavy (non-hydrogen) atoms. The SMILES string of the molecule is NC(=O)C(N)[C@@H]1C(=O)Nc2ccccc2S[C@@H]1c1ccccc1. The van der Waals surface area contributed by atoms with Crippen molar-refractivity contribution in [1.29, 1.82) is 0 Å². The first-order valence-electron chi connectivity index (χ1n) is 7.24. The molecule has 3 atom stereocenters. The van der Waals surface area contributed by atoms with Gasteiger partial charge in [-0.3, -0.25) is 9.59 Å². The van der Waals surface area contributed by atoms with Crippen molar-refractivity contribution >= 4 is 29.3 Å². The minimum absolute atomic E-state index is 0.289. The summed E-state index contributed by atoms with van der Waals surface area (Å²) in [6, 6.07) is 16.0. The summed E-state index contributed by atoms with van der Waals surface area (Å²) in [7, 11) is 0. The van der Waals surface area contributed by atoms with E-state index in [1.807, 2.05) is 54.6 Å². The van der Waals surface area contributed by atoms with Crippen LogP contribution in [-0.4, -0.2) is 17.9 Å². The van der Waals surface area contributed by atoms with E-state index in [-0.39, 0.29) is 11.2 Å². The molecular formula is C17H17N3O2S. The lowest BCUT2D eigenvalue weighted by atomic mass is 9.90. The summed E-state index contributed by atoms with van der Waals surface area (Å²) in [5.41, 5.74) is 13.0. The number of hydrogen-bond acceptors (Lipinski definition) is 4. The van der Waals surface area contributed by atoms with Gasteiger partial charge in [-0.05, 0) is 17.7 Å². The Kier molecular flexibility index (Phi) is 4.36. The summed E-state index contributed by atoms with van der Waals surface area (Å²) in [5.74, 6) is -1.72. The molecular weight excluding hydrogens is 310 g/mol. The molecule has 0 saturated carbocycles. The van der Waals surface area contributed by atoms with Crippen LogP contribution in [0.1, 0.15) is 10.8 Å². The molecule has 5 nitrogen and oxygen atoms in total. The highest BCUT2D eigenvalue weighted by molar-refractivity contribution is 7.99. The number of fused-ring (bicyclic) bond motifs is 1. The average molecular weight is 327 g/mol. The number of hydrogen-bond donors (Lipinski definition) is 3. The number of thioether (sulfide) groups is 1. The maximum absolute atomic E-state index is 12.7. The summed E-state index contributed by atoms with van der Waals surface area (Å²) >= 11 is 1.52. The van der Waals surface area contributed by atoms with E-state index in [1.165, 1.54) is 11.8 Å². The van der Waals surface area contributed by atoms with E-state index in [1.54, 1.807) is 0 Å². The molecule has 5 N–H and O–H groups in total. The molecule has 2 aromatic carbocycles. The second kappa shape index (κ2) is 6.44. The molecule has 1 aliphatic heterocycles. The average Bonchev–Trinajstić information content (AvgIpc) is 2.70. The second-order valence-corrected chi connectivity index (χ2v) is 6.57. The van der Waals surface area contributed by atoms with Gasteiger partial charge in [-0.15, -0.1) is 11.8 Å². The number of benzene rings is 2. The molecule has 118 valence electrons. The molecule has 0 radical (unpaired) electrons. The fourth-order valence-electron chi connectivity index (χ4n) is 2.68. The van der Waals surface area contributed by atoms with Gasteiger partial charge in [0.2, 0.25) is 11.8 Å². The highest BCUT2D eigenvalue weighted by atomic mass is 32.2. The van der Waals surface area contributed by atoms with Crippen LogP contribution in [0.25, 0.3) is 0 Å². The lowest BCUT2D eigenvalue weighted by Gasteiger charge is -2.26. The van der Waals surface area contributed by atoms with Gasteiger partial charge < -0.3 is 16.8 Å². The Balaban J connectivity index is 2.09. The number of amides is 2. The van der Waals surface area contributed by atoms with Gasteiger partial charge in [-0.2, -0.15) is 0 Å². The van der Waals surface area contributed by atoms with Crippen molar-refractivity contribution in [2.45, 2.75) is 16.2 Å². The molecule has 0 saturated heterocycles. The highest BCUT2D eigenvalue weighted by Crippen LogP contribution is 2.46. The van der Waals surface area contributed by atoms with Crippen LogP contribution in [0.15, 0.2) is 59.5 Å². The van der Waals surface area contributed by atoms with E-state index >= 15 is 0 Å². The van der Waals surface area contributed by atoms with E-state index in [4.69, 9.17) is 11.5 Å². The second-order valence-electron chi connectivity index (χ2n) is 5.39. The van der Waals surface area contributed by atoms with E-state index in [0.717, 1.165) is 16.1 Å². The van der Waals surface area contributed by atoms with Gasteiger partial charge in [0.1, 0.15) is 0 Å². The minimum atomic E-state index is -1.05. The van der Waals surface area contributed by atoms with Gasteiger partial charge in [0, 0.05) is 10.1 Å². The van der Waals surface area contributed by atoms with Crippen molar-refractivity contribution in [3.63, 3.8) is 0 Å². The lowest BCUT2D eigenvalue weighted by Crippen LogP contribution is -2.48. The van der Waals surface area contributed by atoms with Crippen LogP contribution in [0.3, 0.4) is 0 Å². The highest BCUT2D eigenvalue weighted by Gasteiger charge is 2.40. The largest absolute Gasteiger partial charge is 0.368 e. The zero-order valence-electron chi connectivity index (χ0n) is 12.3. The third-order valence-electron chi connectivity index (χ3n) is 3.87. The monoisotopic (exact) mass is 327 g/mol. The number of anilines is 1. The first-order chi connectivity index (χ1) is 11.1. The van der Waals surface area contributed by atoms with Gasteiger partial charge in [0.15, 0.2) is 0 Å². The summed E-state index contributed by atoms with van der Waals surface area (Å²) in [5, 5.41) is 2.57. The Bertz CT molecular complexity index is 736. The topological polar surface area (TPSA) is 98.2 Å². The van der Waals surface area contributed by atoms with Crippen molar-refractivity contribution in [2.24, 2.45) is 17.4 Å². The molecule has 0 spiro atoms. The first kappa shape index (κ1) is 15.6. The fourth-order valence-corrected chi connectivity index (χ4v) is 4.09. The molecule has 0 aliphatic carbocycles. The third-order valence-corrected chi connectivity index (χ3v) is 5.30. The van der Waals surface area contributed by atoms with E-state index in [0.29, 0.717) is 0 Å². The predicted molar refractivity (Wildman–Crippen MR) is 90.8 cm³/mol. The van der Waals surface area contributed by atoms with Gasteiger partial charge in [0.25, 0.3) is 0 Å². The number of primary amides is 1. The van der Waals surface area contributed by atoms with Crippen LogP contribution in [0, 0.1) is 5.92 Å². The van der Waals surface area contributed by atoms with Crippen molar-refractivity contribution < 1.29 is 9.59 Å². The van der Waals surface area contributed by atoms with Crippen molar-refractivity contribution in [2.75, 3.05) is 5.32 Å². The number of rotatable bonds is 3. The Morgan fingerprint density at radius 1 is 1.09 bits per heavy atom. The van der Waals surface area contributed by atoms with E-state index in [9.17, 15) is 9.59 Å². The fraction of sp³-hybridized carbons (Fsp3) is 0.176. The number of nitrogens with two attached hydrogens (primary N) is 2. The molecule has 1 aliphatic rings. The summed E-state index contributed by atoms with van der Waals surface area (Å²) in [6.45, 7) is 0. The normalized spacial score (nSPS) is 21.7. The van der Waals surface area contributed by atoms with E-state index < -0.39 is 17.9 Å². The Morgan fingerprint density at radius 3 is 2.43 bits per heavy atom. The zero-order chi connectivity index (χ0) is 16.4. The molecule has 0 bridgehead atoms. The van der Waals surface area contributed by atoms with Crippen LogP contribution < -0.4 is 16.8 Å².